The van der Waals surface area contributed by atoms with Crippen molar-refractivity contribution in [3.63, 3.8) is 0 Å². The van der Waals surface area contributed by atoms with Crippen LogP contribution < -0.4 is 10.1 Å². The normalized spacial score (nSPS) is 15.7. The standard InChI is InChI=1S/C20H27N3O3S/c1-20(2,3)27(24,25)19-11-9-16(14-23-19)21-12-15-8-10-18(22-13-15)26-17-6-4-5-7-17/h8-11,13-14,17,21H,4-7,12H2,1-3H3. The third-order valence-corrected chi connectivity index (χ3v) is 7.11. The van der Waals surface area contributed by atoms with Crippen molar-refractivity contribution in [3.05, 3.63) is 42.2 Å². The molecular formula is C20H27N3O3S. The molecule has 1 aliphatic carbocycles. The first-order valence-corrected chi connectivity index (χ1v) is 10.8. The average Bonchev–Trinajstić information content (AvgIpc) is 3.13. The van der Waals surface area contributed by atoms with Crippen LogP contribution in [-0.4, -0.2) is 29.2 Å². The van der Waals surface area contributed by atoms with Crippen LogP contribution in [-0.2, 0) is 16.4 Å². The number of hydrogen-bond acceptors (Lipinski definition) is 6. The molecule has 2 aromatic heterocycles. The maximum Gasteiger partial charge on any atom is 0.213 e. The van der Waals surface area contributed by atoms with Gasteiger partial charge >= 0.3 is 0 Å². The zero-order valence-electron chi connectivity index (χ0n) is 16.1. The third kappa shape index (κ3) is 4.77. The molecule has 0 spiro atoms. The molecule has 27 heavy (non-hydrogen) atoms. The Kier molecular flexibility index (Phi) is 5.69. The summed E-state index contributed by atoms with van der Waals surface area (Å²) in [6.45, 7) is 5.58. The van der Waals surface area contributed by atoms with Gasteiger partial charge in [-0.25, -0.2) is 18.4 Å². The number of aromatic nitrogens is 2. The van der Waals surface area contributed by atoms with E-state index in [4.69, 9.17) is 4.74 Å². The molecule has 2 heterocycles. The molecule has 0 aromatic carbocycles. The number of pyridine rings is 2. The number of nitrogens with zero attached hydrogens (tertiary/aromatic N) is 2. The fourth-order valence-electron chi connectivity index (χ4n) is 2.92. The van der Waals surface area contributed by atoms with Crippen LogP contribution in [0.25, 0.3) is 0 Å². The van der Waals surface area contributed by atoms with E-state index in [0.29, 0.717) is 18.5 Å². The van der Waals surface area contributed by atoms with Gasteiger partial charge in [0.25, 0.3) is 0 Å². The van der Waals surface area contributed by atoms with Crippen molar-refractivity contribution in [3.8, 4) is 5.88 Å². The second-order valence-electron chi connectivity index (χ2n) is 7.88. The Hall–Kier alpha value is -2.15. The Morgan fingerprint density at radius 2 is 1.81 bits per heavy atom. The molecule has 6 nitrogen and oxygen atoms in total. The lowest BCUT2D eigenvalue weighted by molar-refractivity contribution is 0.201. The molecule has 0 saturated heterocycles. The summed E-state index contributed by atoms with van der Waals surface area (Å²) < 4.78 is 29.8. The largest absolute Gasteiger partial charge is 0.474 e. The molecule has 3 rings (SSSR count). The van der Waals surface area contributed by atoms with E-state index >= 15 is 0 Å². The third-order valence-electron chi connectivity index (χ3n) is 4.70. The zero-order valence-corrected chi connectivity index (χ0v) is 16.9. The van der Waals surface area contributed by atoms with E-state index in [1.54, 1.807) is 45.3 Å². The first-order valence-electron chi connectivity index (χ1n) is 9.32. The highest BCUT2D eigenvalue weighted by Crippen LogP contribution is 2.24. The van der Waals surface area contributed by atoms with Gasteiger partial charge in [-0.2, -0.15) is 0 Å². The summed E-state index contributed by atoms with van der Waals surface area (Å²) >= 11 is 0. The van der Waals surface area contributed by atoms with Crippen LogP contribution in [0.1, 0.15) is 52.0 Å². The molecule has 0 unspecified atom stereocenters. The van der Waals surface area contributed by atoms with Crippen molar-refractivity contribution >= 4 is 15.5 Å². The van der Waals surface area contributed by atoms with Gasteiger partial charge in [0.2, 0.25) is 5.88 Å². The van der Waals surface area contributed by atoms with E-state index in [2.05, 4.69) is 15.3 Å². The fraction of sp³-hybridized carbons (Fsp3) is 0.500. The summed E-state index contributed by atoms with van der Waals surface area (Å²) in [5, 5.41) is 3.33. The second-order valence-corrected chi connectivity index (χ2v) is 10.5. The predicted molar refractivity (Wildman–Crippen MR) is 106 cm³/mol. The van der Waals surface area contributed by atoms with E-state index in [-0.39, 0.29) is 5.03 Å². The second kappa shape index (κ2) is 7.84. The fourth-order valence-corrected chi connectivity index (χ4v) is 3.99. The smallest absolute Gasteiger partial charge is 0.213 e. The molecule has 0 bridgehead atoms. The van der Waals surface area contributed by atoms with E-state index < -0.39 is 14.6 Å². The van der Waals surface area contributed by atoms with Crippen LogP contribution in [0.4, 0.5) is 5.69 Å². The number of sulfone groups is 1. The molecule has 1 saturated carbocycles. The first-order chi connectivity index (χ1) is 12.8. The zero-order chi connectivity index (χ0) is 19.5. The van der Waals surface area contributed by atoms with Gasteiger partial charge in [0.05, 0.1) is 16.6 Å². The van der Waals surface area contributed by atoms with Gasteiger partial charge in [-0.1, -0.05) is 6.07 Å². The summed E-state index contributed by atoms with van der Waals surface area (Å²) in [5.41, 5.74) is 1.77. The van der Waals surface area contributed by atoms with Gasteiger partial charge < -0.3 is 10.1 Å². The molecule has 1 N–H and O–H groups in total. The quantitative estimate of drug-likeness (QED) is 0.805. The molecular weight excluding hydrogens is 362 g/mol. The van der Waals surface area contributed by atoms with E-state index in [1.807, 2.05) is 12.1 Å². The van der Waals surface area contributed by atoms with Crippen LogP contribution >= 0.6 is 0 Å². The molecule has 146 valence electrons. The molecule has 7 heteroatoms. The summed E-state index contributed by atoms with van der Waals surface area (Å²) in [7, 11) is -3.44. The van der Waals surface area contributed by atoms with E-state index in [1.165, 1.54) is 12.8 Å². The number of anilines is 1. The molecule has 2 aromatic rings. The topological polar surface area (TPSA) is 81.2 Å². The monoisotopic (exact) mass is 389 g/mol. The average molecular weight is 390 g/mol. The lowest BCUT2D eigenvalue weighted by Gasteiger charge is -2.18. The number of hydrogen-bond donors (Lipinski definition) is 1. The van der Waals surface area contributed by atoms with E-state index in [9.17, 15) is 8.42 Å². The Morgan fingerprint density at radius 3 is 2.37 bits per heavy atom. The van der Waals surface area contributed by atoms with Crippen molar-refractivity contribution in [2.75, 3.05) is 5.32 Å². The Bertz CT molecular complexity index is 851. The minimum absolute atomic E-state index is 0.0932. The lowest BCUT2D eigenvalue weighted by Crippen LogP contribution is -2.28. The van der Waals surface area contributed by atoms with Crippen molar-refractivity contribution in [1.29, 1.82) is 0 Å². The first kappa shape index (κ1) is 19.6. The molecule has 1 aliphatic rings. The van der Waals surface area contributed by atoms with Gasteiger partial charge in [0.1, 0.15) is 6.10 Å². The van der Waals surface area contributed by atoms with Crippen molar-refractivity contribution in [1.82, 2.24) is 9.97 Å². The Labute approximate surface area is 161 Å². The summed E-state index contributed by atoms with van der Waals surface area (Å²) in [6, 6.07) is 7.15. The molecule has 0 amide bonds. The van der Waals surface area contributed by atoms with Crippen LogP contribution in [0, 0.1) is 0 Å². The van der Waals surface area contributed by atoms with E-state index in [0.717, 1.165) is 24.1 Å². The summed E-state index contributed by atoms with van der Waals surface area (Å²) in [4.78, 5) is 8.49. The maximum atomic E-state index is 12.4. The Balaban J connectivity index is 1.57. The van der Waals surface area contributed by atoms with Gasteiger partial charge in [-0.15, -0.1) is 0 Å². The SMILES string of the molecule is CC(C)(C)S(=O)(=O)c1ccc(NCc2ccc(OC3CCCC3)nc2)cn1. The Morgan fingerprint density at radius 1 is 1.07 bits per heavy atom. The van der Waals surface area contributed by atoms with Gasteiger partial charge in [0.15, 0.2) is 14.9 Å². The van der Waals surface area contributed by atoms with Crippen LogP contribution in [0.5, 0.6) is 5.88 Å². The highest BCUT2D eigenvalue weighted by atomic mass is 32.2. The molecule has 0 radical (unpaired) electrons. The van der Waals surface area contributed by atoms with Crippen LogP contribution in [0.3, 0.4) is 0 Å². The maximum absolute atomic E-state index is 12.4. The van der Waals surface area contributed by atoms with Crippen LogP contribution in [0.15, 0.2) is 41.7 Å². The van der Waals surface area contributed by atoms with Crippen molar-refractivity contribution < 1.29 is 13.2 Å². The molecule has 0 atom stereocenters. The summed E-state index contributed by atoms with van der Waals surface area (Å²) in [6.07, 6.45) is 8.33. The molecule has 1 fully saturated rings. The van der Waals surface area contributed by atoms with Crippen LogP contribution in [0.2, 0.25) is 0 Å². The van der Waals surface area contributed by atoms with Crippen molar-refractivity contribution in [2.45, 2.75) is 68.9 Å². The summed E-state index contributed by atoms with van der Waals surface area (Å²) in [5.74, 6) is 0.670. The highest BCUT2D eigenvalue weighted by Gasteiger charge is 2.31. The minimum Gasteiger partial charge on any atom is -0.474 e. The number of nitrogens with one attached hydrogen (secondary N) is 1. The van der Waals surface area contributed by atoms with Gasteiger partial charge in [0, 0.05) is 18.8 Å². The lowest BCUT2D eigenvalue weighted by atomic mass is 10.2. The predicted octanol–water partition coefficient (Wildman–Crippen LogP) is 3.98. The van der Waals surface area contributed by atoms with Crippen molar-refractivity contribution in [2.24, 2.45) is 0 Å². The van der Waals surface area contributed by atoms with Gasteiger partial charge in [-0.05, 0) is 64.2 Å². The van der Waals surface area contributed by atoms with Gasteiger partial charge in [-0.3, -0.25) is 0 Å². The number of rotatable bonds is 6. The highest BCUT2D eigenvalue weighted by molar-refractivity contribution is 7.92. The molecule has 0 aliphatic heterocycles. The minimum atomic E-state index is -3.44. The number of ether oxygens (including phenoxy) is 1.